The molecule has 2 aromatic rings. The molecule has 0 aliphatic carbocycles. The van der Waals surface area contributed by atoms with E-state index in [-0.39, 0.29) is 45.9 Å². The topological polar surface area (TPSA) is 121 Å². The Bertz CT molecular complexity index is 1240. The molecule has 0 radical (unpaired) electrons. The van der Waals surface area contributed by atoms with E-state index in [1.54, 1.807) is 19.9 Å². The first kappa shape index (κ1) is 28.5. The van der Waals surface area contributed by atoms with Crippen molar-refractivity contribution in [1.82, 2.24) is 15.6 Å². The number of carboxylic acids is 1. The lowest BCUT2D eigenvalue weighted by molar-refractivity contribution is -0.135. The number of pyridine rings is 1. The zero-order valence-electron chi connectivity index (χ0n) is 21.2. The molecule has 2 amide bonds. The number of hydrogen-bond donors (Lipinski definition) is 3. The highest BCUT2D eigenvalue weighted by molar-refractivity contribution is 6.31. The molecule has 2 bridgehead atoms. The third kappa shape index (κ3) is 6.73. The van der Waals surface area contributed by atoms with E-state index in [0.717, 1.165) is 12.8 Å². The van der Waals surface area contributed by atoms with Crippen LogP contribution in [0.25, 0.3) is 0 Å². The molecule has 2 aliphatic rings. The van der Waals surface area contributed by atoms with Crippen molar-refractivity contribution >= 4 is 35.2 Å². The number of anilines is 1. The molecular formula is C26H28ClF3N4O5. The number of rotatable bonds is 8. The zero-order chi connectivity index (χ0) is 28.5. The maximum atomic E-state index is 13.1. The summed E-state index contributed by atoms with van der Waals surface area (Å²) in [6.07, 6.45) is -0.223. The zero-order valence-corrected chi connectivity index (χ0v) is 22.0. The summed E-state index contributed by atoms with van der Waals surface area (Å²) in [5, 5.41) is 14.6. The van der Waals surface area contributed by atoms with Crippen LogP contribution in [0.1, 0.15) is 60.2 Å². The first-order chi connectivity index (χ1) is 18.2. The van der Waals surface area contributed by atoms with Crippen molar-refractivity contribution in [3.8, 4) is 5.75 Å². The Hall–Kier alpha value is -3.54. The number of piperidine rings is 1. The number of amides is 2. The first-order valence-corrected chi connectivity index (χ1v) is 12.7. The molecule has 4 rings (SSSR count). The number of ether oxygens (including phenoxy) is 1. The second-order valence-corrected chi connectivity index (χ2v) is 10.6. The van der Waals surface area contributed by atoms with E-state index in [1.807, 2.05) is 5.32 Å². The van der Waals surface area contributed by atoms with Crippen LogP contribution in [0, 0.1) is 0 Å². The molecule has 3 N–H and O–H groups in total. The molecule has 39 heavy (non-hydrogen) atoms. The molecule has 2 atom stereocenters. The van der Waals surface area contributed by atoms with E-state index in [2.05, 4.69) is 15.2 Å². The van der Waals surface area contributed by atoms with Gasteiger partial charge >= 0.3 is 12.1 Å². The van der Waals surface area contributed by atoms with Crippen molar-refractivity contribution < 1.29 is 37.4 Å². The maximum absolute atomic E-state index is 13.1. The predicted molar refractivity (Wildman–Crippen MR) is 136 cm³/mol. The fourth-order valence-electron chi connectivity index (χ4n) is 5.06. The average molecular weight is 569 g/mol. The molecule has 3 heterocycles. The second kappa shape index (κ2) is 10.9. The van der Waals surface area contributed by atoms with Crippen LogP contribution in [-0.4, -0.2) is 64.3 Å². The van der Waals surface area contributed by atoms with Gasteiger partial charge in [0.25, 0.3) is 11.8 Å². The molecule has 9 nitrogen and oxygen atoms in total. The molecule has 210 valence electrons. The van der Waals surface area contributed by atoms with Gasteiger partial charge < -0.3 is 25.4 Å². The third-order valence-electron chi connectivity index (χ3n) is 6.88. The highest BCUT2D eigenvalue weighted by Gasteiger charge is 2.43. The van der Waals surface area contributed by atoms with Gasteiger partial charge in [-0.25, -0.2) is 9.78 Å². The van der Waals surface area contributed by atoms with Crippen molar-refractivity contribution in [3.63, 3.8) is 0 Å². The lowest BCUT2D eigenvalue weighted by Gasteiger charge is -2.40. The van der Waals surface area contributed by atoms with Gasteiger partial charge in [0.2, 0.25) is 0 Å². The van der Waals surface area contributed by atoms with Crippen LogP contribution in [0.3, 0.4) is 0 Å². The Morgan fingerprint density at radius 1 is 1.13 bits per heavy atom. The van der Waals surface area contributed by atoms with Crippen LogP contribution >= 0.6 is 11.6 Å². The Morgan fingerprint density at radius 3 is 2.36 bits per heavy atom. The van der Waals surface area contributed by atoms with Gasteiger partial charge in [-0.15, -0.1) is 0 Å². The minimum atomic E-state index is -4.50. The van der Waals surface area contributed by atoms with E-state index in [4.69, 9.17) is 16.3 Å². The van der Waals surface area contributed by atoms with Gasteiger partial charge in [-0.1, -0.05) is 11.6 Å². The van der Waals surface area contributed by atoms with Crippen LogP contribution in [0.2, 0.25) is 5.02 Å². The SMILES string of the molecule is CC(C)(Oc1ccc(Cl)cc1C(=O)O)C(=O)NC1CC2CCC(C1)N2c1ccc(C(=O)NCC(F)(F)F)cn1. The Labute approximate surface area is 227 Å². The number of halogens is 4. The number of benzene rings is 1. The fraction of sp³-hybridized carbons (Fsp3) is 0.462. The van der Waals surface area contributed by atoms with E-state index in [9.17, 15) is 32.7 Å². The van der Waals surface area contributed by atoms with Crippen molar-refractivity contribution in [1.29, 1.82) is 0 Å². The molecule has 2 unspecified atom stereocenters. The number of nitrogens with one attached hydrogen (secondary N) is 2. The molecule has 1 aromatic carbocycles. The average Bonchev–Trinajstić information content (AvgIpc) is 3.13. The van der Waals surface area contributed by atoms with Crippen LogP contribution in [0.4, 0.5) is 19.0 Å². The van der Waals surface area contributed by atoms with Gasteiger partial charge in [-0.3, -0.25) is 9.59 Å². The smallest absolute Gasteiger partial charge is 0.405 e. The summed E-state index contributed by atoms with van der Waals surface area (Å²) in [6, 6.07) is 7.23. The number of nitrogens with zero attached hydrogens (tertiary/aromatic N) is 2. The Morgan fingerprint density at radius 2 is 1.79 bits per heavy atom. The number of aromatic carboxylic acids is 1. The molecule has 0 saturated carbocycles. The molecule has 2 fully saturated rings. The minimum absolute atomic E-state index is 0.0311. The predicted octanol–water partition coefficient (Wildman–Crippen LogP) is 4.20. The van der Waals surface area contributed by atoms with Gasteiger partial charge in [0.1, 0.15) is 23.7 Å². The van der Waals surface area contributed by atoms with Gasteiger partial charge in [0.15, 0.2) is 5.60 Å². The maximum Gasteiger partial charge on any atom is 0.405 e. The highest BCUT2D eigenvalue weighted by Crippen LogP contribution is 2.39. The van der Waals surface area contributed by atoms with Gasteiger partial charge in [0, 0.05) is 29.3 Å². The van der Waals surface area contributed by atoms with Crippen molar-refractivity contribution in [2.75, 3.05) is 11.4 Å². The number of aromatic nitrogens is 1. The van der Waals surface area contributed by atoms with Gasteiger partial charge in [-0.05, 0) is 69.9 Å². The summed E-state index contributed by atoms with van der Waals surface area (Å²) in [6.45, 7) is 1.70. The van der Waals surface area contributed by atoms with Crippen LogP contribution in [0.5, 0.6) is 5.75 Å². The minimum Gasteiger partial charge on any atom is -0.478 e. The normalized spacial score (nSPS) is 20.9. The van der Waals surface area contributed by atoms with E-state index >= 15 is 0 Å². The summed E-state index contributed by atoms with van der Waals surface area (Å²) in [4.78, 5) is 43.2. The lowest BCUT2D eigenvalue weighted by Crippen LogP contribution is -2.55. The van der Waals surface area contributed by atoms with E-state index < -0.39 is 30.2 Å². The molecule has 0 spiro atoms. The van der Waals surface area contributed by atoms with Crippen molar-refractivity contribution in [2.45, 2.75) is 69.4 Å². The standard InChI is InChI=1S/C26H28ClF3N4O5/c1-25(2,39-20-7-4-15(27)9-19(20)23(36)37)24(38)33-16-10-17-5-6-18(11-16)34(17)21-8-3-14(12-31-21)22(35)32-13-26(28,29)30/h3-4,7-9,12,16-18H,5-6,10-11,13H2,1-2H3,(H,32,35)(H,33,38)(H,36,37). The molecule has 1 aromatic heterocycles. The molecule has 13 heteroatoms. The van der Waals surface area contributed by atoms with Crippen LogP contribution in [-0.2, 0) is 4.79 Å². The number of carbonyl (C=O) groups is 3. The lowest BCUT2D eigenvalue weighted by atomic mass is 9.96. The molecular weight excluding hydrogens is 541 g/mol. The number of fused-ring (bicyclic) bond motifs is 2. The summed E-state index contributed by atoms with van der Waals surface area (Å²) < 4.78 is 42.9. The Kier molecular flexibility index (Phi) is 7.97. The number of alkyl halides is 3. The van der Waals surface area contributed by atoms with Gasteiger partial charge in [0.05, 0.1) is 5.56 Å². The van der Waals surface area contributed by atoms with Crippen LogP contribution in [0.15, 0.2) is 36.5 Å². The summed E-state index contributed by atoms with van der Waals surface area (Å²) in [7, 11) is 0. The van der Waals surface area contributed by atoms with Gasteiger partial charge in [-0.2, -0.15) is 13.2 Å². The monoisotopic (exact) mass is 568 g/mol. The second-order valence-electron chi connectivity index (χ2n) is 10.2. The van der Waals surface area contributed by atoms with Crippen molar-refractivity contribution in [2.24, 2.45) is 0 Å². The first-order valence-electron chi connectivity index (χ1n) is 12.4. The van der Waals surface area contributed by atoms with Crippen molar-refractivity contribution in [3.05, 3.63) is 52.7 Å². The van der Waals surface area contributed by atoms with E-state index in [1.165, 1.54) is 30.5 Å². The summed E-state index contributed by atoms with van der Waals surface area (Å²) in [5.41, 5.74) is -1.48. The van der Waals surface area contributed by atoms with E-state index in [0.29, 0.717) is 18.7 Å². The summed E-state index contributed by atoms with van der Waals surface area (Å²) >= 11 is 5.90. The molecule has 2 aliphatic heterocycles. The fourth-order valence-corrected chi connectivity index (χ4v) is 5.24. The van der Waals surface area contributed by atoms with Crippen LogP contribution < -0.4 is 20.3 Å². The third-order valence-corrected chi connectivity index (χ3v) is 7.11. The number of carbonyl (C=O) groups excluding carboxylic acids is 2. The quantitative estimate of drug-likeness (QED) is 0.436. The highest BCUT2D eigenvalue weighted by atomic mass is 35.5. The number of hydrogen-bond acceptors (Lipinski definition) is 6. The number of carboxylic acid groups (broad SMARTS) is 1. The largest absolute Gasteiger partial charge is 0.478 e. The Balaban J connectivity index is 1.37. The molecule has 2 saturated heterocycles. The summed E-state index contributed by atoms with van der Waals surface area (Å²) in [5.74, 6) is -1.82.